The molecule has 36 heavy (non-hydrogen) atoms. The number of H-pyrrole nitrogens is 1. The van der Waals surface area contributed by atoms with E-state index in [1.807, 2.05) is 5.32 Å². The number of fused-ring (bicyclic) bond motifs is 2. The van der Waals surface area contributed by atoms with Gasteiger partial charge >= 0.3 is 12.3 Å². The summed E-state index contributed by atoms with van der Waals surface area (Å²) in [7, 11) is 1.65. The number of hydrogen-bond donors (Lipinski definition) is 2. The van der Waals surface area contributed by atoms with Crippen molar-refractivity contribution in [1.82, 2.24) is 30.0 Å². The molecule has 0 fully saturated rings. The number of hydrogen-bond acceptors (Lipinski definition) is 5. The number of carbonyl (C=O) groups excluding carboxylic acids is 1. The lowest BCUT2D eigenvalue weighted by atomic mass is 10.1. The molecule has 0 bridgehead atoms. The van der Waals surface area contributed by atoms with Crippen molar-refractivity contribution < 1.29 is 27.1 Å². The van der Waals surface area contributed by atoms with E-state index in [0.717, 1.165) is 0 Å². The molecule has 0 unspecified atom stereocenters. The van der Waals surface area contributed by atoms with Crippen LogP contribution in [0, 0.1) is 5.82 Å². The minimum absolute atomic E-state index is 0.107. The number of benzene rings is 2. The molecule has 8 nitrogen and oxygen atoms in total. The molecule has 184 valence electrons. The van der Waals surface area contributed by atoms with Crippen LogP contribution in [0.3, 0.4) is 0 Å². The number of carbonyl (C=O) groups is 1. The summed E-state index contributed by atoms with van der Waals surface area (Å²) in [4.78, 5) is 23.9. The van der Waals surface area contributed by atoms with Crippen molar-refractivity contribution in [2.75, 3.05) is 0 Å². The van der Waals surface area contributed by atoms with Crippen molar-refractivity contribution in [3.8, 4) is 17.1 Å². The molecule has 5 rings (SSSR count). The van der Waals surface area contributed by atoms with Crippen LogP contribution in [0.2, 0.25) is 0 Å². The van der Waals surface area contributed by atoms with E-state index in [2.05, 4.69) is 36.0 Å². The molecular weight excluding hydrogens is 548 g/mol. The second kappa shape index (κ2) is 8.90. The molecule has 0 saturated heterocycles. The molecule has 13 heteroatoms. The number of nitrogens with one attached hydrogen (secondary N) is 2. The van der Waals surface area contributed by atoms with E-state index in [9.17, 15) is 22.4 Å². The maximum absolute atomic E-state index is 13.7. The van der Waals surface area contributed by atoms with Crippen molar-refractivity contribution in [3.05, 3.63) is 70.7 Å². The molecule has 3 heterocycles. The molecule has 5 aromatic rings. The largest absolute Gasteiger partial charge is 0.413 e. The van der Waals surface area contributed by atoms with Gasteiger partial charge in [0.2, 0.25) is 0 Å². The maximum Gasteiger partial charge on any atom is 0.413 e. The second-order valence-electron chi connectivity index (χ2n) is 7.80. The number of aromatic amines is 1. The standard InChI is InChI=1S/C23H15BrF4N6O2/c1-34-16-8-13(25)6-7-14(16)18(33-34)15-9-29-21-19(31-15)17(10-30-21)36-22(35)32-20(23(26,27)28)11-2-4-12(24)5-3-11/h2-10,20H,1H3,(H,29,30)(H,32,35)/t20-/m1/s1. The summed E-state index contributed by atoms with van der Waals surface area (Å²) in [5, 5.41) is 6.85. The summed E-state index contributed by atoms with van der Waals surface area (Å²) in [5.74, 6) is -0.550. The van der Waals surface area contributed by atoms with Gasteiger partial charge in [-0.25, -0.2) is 19.2 Å². The molecule has 0 aliphatic rings. The molecule has 0 aliphatic heterocycles. The first-order valence-electron chi connectivity index (χ1n) is 10.4. The third-order valence-electron chi connectivity index (χ3n) is 5.40. The number of rotatable bonds is 4. The summed E-state index contributed by atoms with van der Waals surface area (Å²) < 4.78 is 61.9. The SMILES string of the molecule is Cn1nc(-c2cnc3[nH]cc(OC(=O)N[C@H](c4ccc(Br)cc4)C(F)(F)F)c3n2)c2ccc(F)cc21. The maximum atomic E-state index is 13.7. The topological polar surface area (TPSA) is 97.7 Å². The Bertz CT molecular complexity index is 1600. The summed E-state index contributed by atoms with van der Waals surface area (Å²) in [6, 6.07) is 7.25. The Morgan fingerprint density at radius 1 is 1.19 bits per heavy atom. The molecule has 2 N–H and O–H groups in total. The highest BCUT2D eigenvalue weighted by molar-refractivity contribution is 9.10. The smallest absolute Gasteiger partial charge is 0.406 e. The number of halogens is 5. The summed E-state index contributed by atoms with van der Waals surface area (Å²) in [6.45, 7) is 0. The van der Waals surface area contributed by atoms with Gasteiger partial charge in [-0.1, -0.05) is 28.1 Å². The Morgan fingerprint density at radius 3 is 2.67 bits per heavy atom. The molecule has 2 aromatic carbocycles. The van der Waals surface area contributed by atoms with Gasteiger partial charge in [-0.15, -0.1) is 0 Å². The van der Waals surface area contributed by atoms with Crippen LogP contribution in [0.4, 0.5) is 22.4 Å². The monoisotopic (exact) mass is 562 g/mol. The Hall–Kier alpha value is -4.00. The lowest BCUT2D eigenvalue weighted by Crippen LogP contribution is -2.39. The third-order valence-corrected chi connectivity index (χ3v) is 5.93. The van der Waals surface area contributed by atoms with Crippen molar-refractivity contribution in [3.63, 3.8) is 0 Å². The number of nitrogens with zero attached hydrogens (tertiary/aromatic N) is 4. The lowest BCUT2D eigenvalue weighted by Gasteiger charge is -2.21. The van der Waals surface area contributed by atoms with E-state index in [4.69, 9.17) is 4.74 Å². The highest BCUT2D eigenvalue weighted by Crippen LogP contribution is 2.34. The van der Waals surface area contributed by atoms with Gasteiger partial charge in [0.05, 0.1) is 11.7 Å². The van der Waals surface area contributed by atoms with Crippen LogP contribution in [-0.2, 0) is 7.05 Å². The Labute approximate surface area is 208 Å². The van der Waals surface area contributed by atoms with Crippen molar-refractivity contribution >= 4 is 44.1 Å². The fourth-order valence-electron chi connectivity index (χ4n) is 3.74. The number of alkyl halides is 3. The molecule has 0 radical (unpaired) electrons. The average molecular weight is 563 g/mol. The van der Waals surface area contributed by atoms with Crippen LogP contribution in [0.5, 0.6) is 5.75 Å². The van der Waals surface area contributed by atoms with E-state index in [-0.39, 0.29) is 22.5 Å². The van der Waals surface area contributed by atoms with Crippen molar-refractivity contribution in [2.24, 2.45) is 7.05 Å². The third kappa shape index (κ3) is 4.49. The number of amides is 1. The average Bonchev–Trinajstić information content (AvgIpc) is 3.37. The van der Waals surface area contributed by atoms with Gasteiger partial charge in [0.25, 0.3) is 0 Å². The van der Waals surface area contributed by atoms with E-state index >= 15 is 0 Å². The molecule has 1 amide bonds. The number of aryl methyl sites for hydroxylation is 1. The Balaban J connectivity index is 1.44. The molecular formula is C23H15BrF4N6O2. The Kier molecular flexibility index (Phi) is 5.86. The van der Waals surface area contributed by atoms with Crippen LogP contribution < -0.4 is 10.1 Å². The normalized spacial score (nSPS) is 12.7. The first-order valence-corrected chi connectivity index (χ1v) is 11.2. The summed E-state index contributed by atoms with van der Waals surface area (Å²) in [6.07, 6.45) is -3.39. The van der Waals surface area contributed by atoms with Crippen LogP contribution in [0.25, 0.3) is 33.5 Å². The number of ether oxygens (including phenoxy) is 1. The van der Waals surface area contributed by atoms with Gasteiger partial charge in [0.15, 0.2) is 23.0 Å². The van der Waals surface area contributed by atoms with E-state index < -0.39 is 24.1 Å². The molecule has 3 aromatic heterocycles. The first-order chi connectivity index (χ1) is 17.1. The predicted octanol–water partition coefficient (Wildman–Crippen LogP) is 5.81. The first kappa shape index (κ1) is 23.7. The van der Waals surface area contributed by atoms with Crippen LogP contribution in [0.1, 0.15) is 11.6 Å². The van der Waals surface area contributed by atoms with Crippen LogP contribution in [0.15, 0.2) is 59.3 Å². The minimum Gasteiger partial charge on any atom is -0.406 e. The zero-order valence-electron chi connectivity index (χ0n) is 18.3. The van der Waals surface area contributed by atoms with Crippen LogP contribution >= 0.6 is 15.9 Å². The van der Waals surface area contributed by atoms with Gasteiger partial charge in [-0.05, 0) is 35.9 Å². The van der Waals surface area contributed by atoms with E-state index in [0.29, 0.717) is 26.8 Å². The molecule has 1 atom stereocenters. The van der Waals surface area contributed by atoms with Gasteiger partial charge in [0.1, 0.15) is 17.2 Å². The fourth-order valence-corrected chi connectivity index (χ4v) is 4.00. The Morgan fingerprint density at radius 2 is 1.94 bits per heavy atom. The highest BCUT2D eigenvalue weighted by atomic mass is 79.9. The van der Waals surface area contributed by atoms with Crippen LogP contribution in [-0.4, -0.2) is 37.0 Å². The highest BCUT2D eigenvalue weighted by Gasteiger charge is 2.42. The zero-order chi connectivity index (χ0) is 25.6. The van der Waals surface area contributed by atoms with Gasteiger partial charge < -0.3 is 15.0 Å². The van der Waals surface area contributed by atoms with E-state index in [1.165, 1.54) is 53.5 Å². The van der Waals surface area contributed by atoms with Crippen molar-refractivity contribution in [1.29, 1.82) is 0 Å². The molecule has 0 aliphatic carbocycles. The van der Waals surface area contributed by atoms with E-state index in [1.54, 1.807) is 13.1 Å². The molecule has 0 spiro atoms. The summed E-state index contributed by atoms with van der Waals surface area (Å²) in [5.41, 5.74) is 1.42. The molecule has 0 saturated carbocycles. The quantitative estimate of drug-likeness (QED) is 0.269. The van der Waals surface area contributed by atoms with Crippen molar-refractivity contribution in [2.45, 2.75) is 12.2 Å². The lowest BCUT2D eigenvalue weighted by molar-refractivity contribution is -0.155. The van der Waals surface area contributed by atoms with Gasteiger partial charge in [-0.2, -0.15) is 18.3 Å². The second-order valence-corrected chi connectivity index (χ2v) is 8.71. The van der Waals surface area contributed by atoms with Gasteiger partial charge in [-0.3, -0.25) is 4.68 Å². The zero-order valence-corrected chi connectivity index (χ0v) is 19.9. The fraction of sp³-hybridized carbons (Fsp3) is 0.130. The minimum atomic E-state index is -4.76. The number of aromatic nitrogens is 5. The van der Waals surface area contributed by atoms with Gasteiger partial charge in [0, 0.05) is 23.1 Å². The summed E-state index contributed by atoms with van der Waals surface area (Å²) >= 11 is 3.17. The predicted molar refractivity (Wildman–Crippen MR) is 126 cm³/mol.